The highest BCUT2D eigenvalue weighted by Crippen LogP contribution is 2.41. The lowest BCUT2D eigenvalue weighted by Crippen LogP contribution is -2.38. The zero-order valence-corrected chi connectivity index (χ0v) is 9.09. The monoisotopic (exact) mass is 206 g/mol. The number of halogens is 1. The molecule has 0 unspecified atom stereocenters. The lowest BCUT2D eigenvalue weighted by atomic mass is 9.64. The summed E-state index contributed by atoms with van der Waals surface area (Å²) in [6.45, 7) is 4.24. The van der Waals surface area contributed by atoms with E-state index in [0.29, 0.717) is 24.5 Å². The van der Waals surface area contributed by atoms with E-state index < -0.39 is 0 Å². The average molecular weight is 206 g/mol. The van der Waals surface area contributed by atoms with Crippen LogP contribution < -0.4 is 0 Å². The summed E-state index contributed by atoms with van der Waals surface area (Å²) in [5, 5.41) is 0. The third-order valence-corrected chi connectivity index (χ3v) is 3.56. The van der Waals surface area contributed by atoms with Gasteiger partial charge in [-0.3, -0.25) is 4.79 Å². The Morgan fingerprint density at radius 2 is 1.73 bits per heavy atom. The van der Waals surface area contributed by atoms with E-state index in [9.17, 15) is 9.18 Å². The number of carbonyl (C=O) groups excluding carboxylic acids is 1. The SMILES string of the molecule is CC(C)(c1ccc(F)cc1)C1CC(=O)C1. The fourth-order valence-corrected chi connectivity index (χ4v) is 2.12. The molecule has 1 aromatic rings. The average Bonchev–Trinajstić information content (AvgIpc) is 2.13. The fourth-order valence-electron chi connectivity index (χ4n) is 2.12. The summed E-state index contributed by atoms with van der Waals surface area (Å²) in [6.07, 6.45) is 1.34. The standard InChI is InChI=1S/C13H15FO/c1-13(2,10-7-12(15)8-10)9-3-5-11(14)6-4-9/h3-6,10H,7-8H2,1-2H3. The Bertz CT molecular complexity index is 370. The van der Waals surface area contributed by atoms with Gasteiger partial charge in [0.05, 0.1) is 0 Å². The zero-order valence-electron chi connectivity index (χ0n) is 9.09. The van der Waals surface area contributed by atoms with Gasteiger partial charge < -0.3 is 0 Å². The van der Waals surface area contributed by atoms with Crippen molar-refractivity contribution in [2.45, 2.75) is 32.1 Å². The van der Waals surface area contributed by atoms with E-state index in [-0.39, 0.29) is 11.2 Å². The number of benzene rings is 1. The predicted octanol–water partition coefficient (Wildman–Crippen LogP) is 3.08. The molecular formula is C13H15FO. The summed E-state index contributed by atoms with van der Waals surface area (Å²) in [5.41, 5.74) is 1.09. The van der Waals surface area contributed by atoms with E-state index in [0.717, 1.165) is 5.56 Å². The van der Waals surface area contributed by atoms with Crippen molar-refractivity contribution in [2.75, 3.05) is 0 Å². The second-order valence-electron chi connectivity index (χ2n) is 4.87. The van der Waals surface area contributed by atoms with Crippen molar-refractivity contribution in [3.63, 3.8) is 0 Å². The summed E-state index contributed by atoms with van der Waals surface area (Å²) < 4.78 is 12.8. The second kappa shape index (κ2) is 3.44. The first-order valence-electron chi connectivity index (χ1n) is 5.28. The summed E-state index contributed by atoms with van der Waals surface area (Å²) in [6, 6.07) is 6.60. The van der Waals surface area contributed by atoms with Crippen molar-refractivity contribution < 1.29 is 9.18 Å². The molecule has 0 N–H and O–H groups in total. The van der Waals surface area contributed by atoms with Gasteiger partial charge >= 0.3 is 0 Å². The van der Waals surface area contributed by atoms with Gasteiger partial charge in [-0.1, -0.05) is 26.0 Å². The Balaban J connectivity index is 2.21. The number of rotatable bonds is 2. The summed E-state index contributed by atoms with van der Waals surface area (Å²) in [7, 11) is 0. The topological polar surface area (TPSA) is 17.1 Å². The molecule has 1 saturated carbocycles. The minimum absolute atomic E-state index is 0.0262. The van der Waals surface area contributed by atoms with E-state index in [1.807, 2.05) is 12.1 Å². The molecule has 80 valence electrons. The maximum atomic E-state index is 12.8. The third kappa shape index (κ3) is 1.81. The lowest BCUT2D eigenvalue weighted by molar-refractivity contribution is -0.128. The van der Waals surface area contributed by atoms with Crippen LogP contribution in [0.25, 0.3) is 0 Å². The van der Waals surface area contributed by atoms with E-state index >= 15 is 0 Å². The molecule has 1 nitrogen and oxygen atoms in total. The van der Waals surface area contributed by atoms with Crippen LogP contribution >= 0.6 is 0 Å². The molecule has 15 heavy (non-hydrogen) atoms. The van der Waals surface area contributed by atoms with Crippen molar-refractivity contribution in [3.8, 4) is 0 Å². The van der Waals surface area contributed by atoms with Crippen molar-refractivity contribution in [1.29, 1.82) is 0 Å². The van der Waals surface area contributed by atoms with Crippen LogP contribution in [0.3, 0.4) is 0 Å². The molecule has 0 aliphatic heterocycles. The van der Waals surface area contributed by atoms with Gasteiger partial charge in [0.1, 0.15) is 11.6 Å². The molecule has 2 heteroatoms. The van der Waals surface area contributed by atoms with Gasteiger partial charge in [0.15, 0.2) is 0 Å². The van der Waals surface area contributed by atoms with Gasteiger partial charge in [-0.2, -0.15) is 0 Å². The largest absolute Gasteiger partial charge is 0.300 e. The molecule has 0 bridgehead atoms. The van der Waals surface area contributed by atoms with Crippen LogP contribution in [0.4, 0.5) is 4.39 Å². The lowest BCUT2D eigenvalue weighted by Gasteiger charge is -2.39. The maximum Gasteiger partial charge on any atom is 0.133 e. The number of carbonyl (C=O) groups is 1. The molecule has 1 fully saturated rings. The van der Waals surface area contributed by atoms with E-state index in [2.05, 4.69) is 13.8 Å². The normalized spacial score (nSPS) is 17.7. The summed E-state index contributed by atoms with van der Waals surface area (Å²) >= 11 is 0. The Hall–Kier alpha value is -1.18. The van der Waals surface area contributed by atoms with Crippen LogP contribution in [0.5, 0.6) is 0 Å². The minimum atomic E-state index is -0.209. The van der Waals surface area contributed by atoms with Crippen molar-refractivity contribution in [3.05, 3.63) is 35.6 Å². The molecule has 0 spiro atoms. The Kier molecular flexibility index (Phi) is 2.37. The summed E-state index contributed by atoms with van der Waals surface area (Å²) in [5.74, 6) is 0.546. The first-order chi connectivity index (χ1) is 7.00. The zero-order chi connectivity index (χ0) is 11.1. The smallest absolute Gasteiger partial charge is 0.133 e. The number of hydrogen-bond donors (Lipinski definition) is 0. The van der Waals surface area contributed by atoms with Crippen LogP contribution in [0.2, 0.25) is 0 Å². The van der Waals surface area contributed by atoms with Gasteiger partial charge in [0.25, 0.3) is 0 Å². The third-order valence-electron chi connectivity index (χ3n) is 3.56. The van der Waals surface area contributed by atoms with Gasteiger partial charge in [-0.15, -0.1) is 0 Å². The van der Waals surface area contributed by atoms with Crippen LogP contribution in [-0.2, 0) is 10.2 Å². The van der Waals surface area contributed by atoms with Gasteiger partial charge in [0, 0.05) is 12.8 Å². The van der Waals surface area contributed by atoms with E-state index in [1.54, 1.807) is 0 Å². The number of ketones is 1. The Morgan fingerprint density at radius 1 is 1.20 bits per heavy atom. The predicted molar refractivity (Wildman–Crippen MR) is 57.2 cm³/mol. The minimum Gasteiger partial charge on any atom is -0.300 e. The first-order valence-corrected chi connectivity index (χ1v) is 5.28. The molecule has 0 heterocycles. The fraction of sp³-hybridized carbons (Fsp3) is 0.462. The van der Waals surface area contributed by atoms with Crippen LogP contribution in [0, 0.1) is 11.7 Å². The number of Topliss-reactive ketones (excluding diaryl/α,β-unsaturated/α-hetero) is 1. The molecule has 1 aliphatic carbocycles. The van der Waals surface area contributed by atoms with E-state index in [4.69, 9.17) is 0 Å². The molecule has 0 radical (unpaired) electrons. The van der Waals surface area contributed by atoms with Crippen LogP contribution in [-0.4, -0.2) is 5.78 Å². The highest BCUT2D eigenvalue weighted by molar-refractivity contribution is 5.85. The molecule has 0 atom stereocenters. The van der Waals surface area contributed by atoms with Crippen LogP contribution in [0.1, 0.15) is 32.3 Å². The van der Waals surface area contributed by atoms with Gasteiger partial charge in [-0.05, 0) is 29.0 Å². The van der Waals surface area contributed by atoms with Gasteiger partial charge in [-0.25, -0.2) is 4.39 Å². The highest BCUT2D eigenvalue weighted by atomic mass is 19.1. The molecule has 0 saturated heterocycles. The maximum absolute atomic E-state index is 12.8. The van der Waals surface area contributed by atoms with Crippen molar-refractivity contribution in [1.82, 2.24) is 0 Å². The molecular weight excluding hydrogens is 191 g/mol. The van der Waals surface area contributed by atoms with Crippen LogP contribution in [0.15, 0.2) is 24.3 Å². The molecule has 0 amide bonds. The van der Waals surface area contributed by atoms with Gasteiger partial charge in [0.2, 0.25) is 0 Å². The van der Waals surface area contributed by atoms with Crippen molar-refractivity contribution in [2.24, 2.45) is 5.92 Å². The quantitative estimate of drug-likeness (QED) is 0.726. The van der Waals surface area contributed by atoms with E-state index in [1.165, 1.54) is 12.1 Å². The Morgan fingerprint density at radius 3 is 2.20 bits per heavy atom. The molecule has 0 aromatic heterocycles. The molecule has 2 rings (SSSR count). The number of hydrogen-bond acceptors (Lipinski definition) is 1. The molecule has 1 aromatic carbocycles. The second-order valence-corrected chi connectivity index (χ2v) is 4.87. The molecule has 1 aliphatic rings. The first kappa shape index (κ1) is 10.3. The summed E-state index contributed by atoms with van der Waals surface area (Å²) in [4.78, 5) is 11.0. The highest BCUT2D eigenvalue weighted by Gasteiger charge is 2.39. The Labute approximate surface area is 89.3 Å². The van der Waals surface area contributed by atoms with Crippen molar-refractivity contribution >= 4 is 5.78 Å².